The van der Waals surface area contributed by atoms with Gasteiger partial charge in [0.25, 0.3) is 0 Å². The van der Waals surface area contributed by atoms with Crippen LogP contribution >= 0.6 is 0 Å². The summed E-state index contributed by atoms with van der Waals surface area (Å²) in [6, 6.07) is 17.9. The zero-order valence-electron chi connectivity index (χ0n) is 13.1. The fourth-order valence-electron chi connectivity index (χ4n) is 3.76. The predicted molar refractivity (Wildman–Crippen MR) is 89.4 cm³/mol. The van der Waals surface area contributed by atoms with Crippen LogP contribution in [0.1, 0.15) is 42.0 Å². The molecule has 1 heterocycles. The van der Waals surface area contributed by atoms with Gasteiger partial charge in [0.1, 0.15) is 5.75 Å². The van der Waals surface area contributed by atoms with Gasteiger partial charge in [-0.2, -0.15) is 0 Å². The molecule has 4 rings (SSSR count). The van der Waals surface area contributed by atoms with Gasteiger partial charge in [0.15, 0.2) is 0 Å². The molecule has 0 aromatic heterocycles. The van der Waals surface area contributed by atoms with Crippen LogP contribution in [0.3, 0.4) is 0 Å². The Labute approximate surface area is 132 Å². The first-order valence-corrected chi connectivity index (χ1v) is 8.26. The Morgan fingerprint density at radius 3 is 2.68 bits per heavy atom. The minimum Gasteiger partial charge on any atom is -0.497 e. The zero-order valence-corrected chi connectivity index (χ0v) is 13.1. The monoisotopic (exact) mass is 293 g/mol. The second-order valence-corrected chi connectivity index (χ2v) is 6.69. The molecule has 2 aromatic carbocycles. The lowest BCUT2D eigenvalue weighted by Gasteiger charge is -2.33. The molecule has 1 fully saturated rings. The fraction of sp³-hybridized carbons (Fsp3) is 0.400. The molecule has 1 spiro atoms. The van der Waals surface area contributed by atoms with Crippen molar-refractivity contribution in [3.05, 3.63) is 65.2 Å². The summed E-state index contributed by atoms with van der Waals surface area (Å²) in [5.41, 5.74) is 4.84. The lowest BCUT2D eigenvalue weighted by Crippen LogP contribution is -2.37. The lowest BCUT2D eigenvalue weighted by molar-refractivity contribution is 0.401. The van der Waals surface area contributed by atoms with Gasteiger partial charge in [-0.3, -0.25) is 0 Å². The minimum absolute atomic E-state index is 0.396. The van der Waals surface area contributed by atoms with Crippen molar-refractivity contribution in [3.63, 3.8) is 0 Å². The van der Waals surface area contributed by atoms with Gasteiger partial charge in [-0.25, -0.2) is 0 Å². The van der Waals surface area contributed by atoms with E-state index in [0.717, 1.165) is 25.1 Å². The summed E-state index contributed by atoms with van der Waals surface area (Å²) in [4.78, 5) is 0. The Balaban J connectivity index is 1.58. The van der Waals surface area contributed by atoms with Gasteiger partial charge in [-0.15, -0.1) is 0 Å². The zero-order chi connectivity index (χ0) is 15.0. The number of methoxy groups -OCH3 is 1. The van der Waals surface area contributed by atoms with E-state index in [1.807, 2.05) is 0 Å². The van der Waals surface area contributed by atoms with Gasteiger partial charge in [0, 0.05) is 18.0 Å². The number of ether oxygens (including phenoxy) is 1. The SMILES string of the molecule is COc1ccc2c(c1)C1(CC1)CNC2CCc1ccccc1. The molecule has 1 aliphatic carbocycles. The molecular formula is C20H23NO. The molecule has 0 bridgehead atoms. The molecule has 2 heteroatoms. The second-order valence-electron chi connectivity index (χ2n) is 6.69. The van der Waals surface area contributed by atoms with Crippen molar-refractivity contribution in [2.75, 3.05) is 13.7 Å². The molecule has 1 saturated carbocycles. The van der Waals surface area contributed by atoms with Gasteiger partial charge >= 0.3 is 0 Å². The molecule has 22 heavy (non-hydrogen) atoms. The third kappa shape index (κ3) is 2.42. The molecule has 114 valence electrons. The van der Waals surface area contributed by atoms with Gasteiger partial charge in [-0.05, 0) is 54.5 Å². The van der Waals surface area contributed by atoms with Crippen LogP contribution < -0.4 is 10.1 Å². The number of benzene rings is 2. The number of fused-ring (bicyclic) bond motifs is 2. The van der Waals surface area contributed by atoms with E-state index in [2.05, 4.69) is 53.8 Å². The van der Waals surface area contributed by atoms with E-state index in [1.165, 1.54) is 29.5 Å². The van der Waals surface area contributed by atoms with Crippen LogP contribution in [0.2, 0.25) is 0 Å². The Morgan fingerprint density at radius 1 is 1.14 bits per heavy atom. The van der Waals surface area contributed by atoms with E-state index in [-0.39, 0.29) is 0 Å². The third-order valence-electron chi connectivity index (χ3n) is 5.31. The standard InChI is InChI=1S/C20H23NO/c1-22-16-8-9-17-18(13-16)20(11-12-20)14-21-19(17)10-7-15-5-3-2-4-6-15/h2-6,8-9,13,19,21H,7,10-12,14H2,1H3. The Bertz CT molecular complexity index is 661. The van der Waals surface area contributed by atoms with E-state index in [4.69, 9.17) is 4.74 Å². The van der Waals surface area contributed by atoms with Gasteiger partial charge < -0.3 is 10.1 Å². The van der Waals surface area contributed by atoms with Gasteiger partial charge in [0.05, 0.1) is 7.11 Å². The van der Waals surface area contributed by atoms with E-state index in [1.54, 1.807) is 7.11 Å². The summed E-state index contributed by atoms with van der Waals surface area (Å²) >= 11 is 0. The minimum atomic E-state index is 0.396. The van der Waals surface area contributed by atoms with Crippen molar-refractivity contribution in [1.29, 1.82) is 0 Å². The third-order valence-corrected chi connectivity index (χ3v) is 5.31. The van der Waals surface area contributed by atoms with E-state index in [9.17, 15) is 0 Å². The molecular weight excluding hydrogens is 270 g/mol. The maximum atomic E-state index is 5.45. The fourth-order valence-corrected chi connectivity index (χ4v) is 3.76. The van der Waals surface area contributed by atoms with Gasteiger partial charge in [0.2, 0.25) is 0 Å². The Hall–Kier alpha value is -1.80. The molecule has 2 nitrogen and oxygen atoms in total. The van der Waals surface area contributed by atoms with Crippen molar-refractivity contribution >= 4 is 0 Å². The van der Waals surface area contributed by atoms with Crippen molar-refractivity contribution in [3.8, 4) is 5.75 Å². The maximum Gasteiger partial charge on any atom is 0.119 e. The number of rotatable bonds is 4. The molecule has 1 unspecified atom stereocenters. The highest BCUT2D eigenvalue weighted by Gasteiger charge is 2.48. The Kier molecular flexibility index (Phi) is 3.42. The Morgan fingerprint density at radius 2 is 1.95 bits per heavy atom. The molecule has 0 radical (unpaired) electrons. The van der Waals surface area contributed by atoms with Crippen LogP contribution in [0.5, 0.6) is 5.75 Å². The molecule has 1 N–H and O–H groups in total. The van der Waals surface area contributed by atoms with Crippen molar-refractivity contribution < 1.29 is 4.74 Å². The van der Waals surface area contributed by atoms with Gasteiger partial charge in [-0.1, -0.05) is 36.4 Å². The largest absolute Gasteiger partial charge is 0.497 e. The molecule has 0 amide bonds. The average Bonchev–Trinajstić information content (AvgIpc) is 3.36. The van der Waals surface area contributed by atoms with Crippen LogP contribution in [0.25, 0.3) is 0 Å². The van der Waals surface area contributed by atoms with Crippen LogP contribution in [0.15, 0.2) is 48.5 Å². The first kappa shape index (κ1) is 13.8. The summed E-state index contributed by atoms with van der Waals surface area (Å²) in [6.45, 7) is 1.12. The molecule has 1 atom stereocenters. The first-order valence-electron chi connectivity index (χ1n) is 8.26. The van der Waals surface area contributed by atoms with Crippen LogP contribution in [0, 0.1) is 0 Å². The van der Waals surface area contributed by atoms with Crippen LogP contribution in [-0.4, -0.2) is 13.7 Å². The average molecular weight is 293 g/mol. The maximum absolute atomic E-state index is 5.45. The number of hydrogen-bond acceptors (Lipinski definition) is 2. The smallest absolute Gasteiger partial charge is 0.119 e. The predicted octanol–water partition coefficient (Wildman–Crippen LogP) is 4.00. The quantitative estimate of drug-likeness (QED) is 0.920. The molecule has 1 aliphatic heterocycles. The summed E-state index contributed by atoms with van der Waals surface area (Å²) < 4.78 is 5.45. The van der Waals surface area contributed by atoms with Crippen molar-refractivity contribution in [2.24, 2.45) is 0 Å². The summed E-state index contributed by atoms with van der Waals surface area (Å²) in [5, 5.41) is 3.79. The number of nitrogens with one attached hydrogen (secondary N) is 1. The molecule has 2 aliphatic rings. The second kappa shape index (κ2) is 5.44. The molecule has 0 saturated heterocycles. The summed E-state index contributed by atoms with van der Waals surface area (Å²) in [5.74, 6) is 0.994. The first-order chi connectivity index (χ1) is 10.8. The normalized spacial score (nSPS) is 21.4. The van der Waals surface area contributed by atoms with Crippen LogP contribution in [0.4, 0.5) is 0 Å². The summed E-state index contributed by atoms with van der Waals surface area (Å²) in [6.07, 6.45) is 4.90. The van der Waals surface area contributed by atoms with E-state index >= 15 is 0 Å². The number of aryl methyl sites for hydroxylation is 1. The number of hydrogen-bond donors (Lipinski definition) is 1. The topological polar surface area (TPSA) is 21.3 Å². The highest BCUT2D eigenvalue weighted by molar-refractivity contribution is 5.47. The highest BCUT2D eigenvalue weighted by Crippen LogP contribution is 2.53. The van der Waals surface area contributed by atoms with E-state index < -0.39 is 0 Å². The highest BCUT2D eigenvalue weighted by atomic mass is 16.5. The van der Waals surface area contributed by atoms with Crippen molar-refractivity contribution in [2.45, 2.75) is 37.1 Å². The van der Waals surface area contributed by atoms with Crippen molar-refractivity contribution in [1.82, 2.24) is 5.32 Å². The van der Waals surface area contributed by atoms with Crippen LogP contribution in [-0.2, 0) is 11.8 Å². The molecule has 2 aromatic rings. The lowest BCUT2D eigenvalue weighted by atomic mass is 9.82. The summed E-state index contributed by atoms with van der Waals surface area (Å²) in [7, 11) is 1.76. The van der Waals surface area contributed by atoms with E-state index in [0.29, 0.717) is 11.5 Å².